The molecule has 148 valence electrons. The minimum atomic E-state index is 0.851. The van der Waals surface area contributed by atoms with Gasteiger partial charge in [0.1, 0.15) is 5.82 Å². The van der Waals surface area contributed by atoms with Crippen molar-refractivity contribution < 1.29 is 0 Å². The number of nitrogens with zero attached hydrogens (tertiary/aromatic N) is 4. The Morgan fingerprint density at radius 2 is 1.93 bits per heavy atom. The van der Waals surface area contributed by atoms with Crippen LogP contribution in [0.5, 0.6) is 0 Å². The standard InChI is InChI=1S/C21H34N6/c1-17-25-19-7-4-5-8-20(19)27(17)14-6-12-23-21(22-2)24-13-9-18-10-15-26(3)16-11-18/h4-5,7-8,18H,6,9-16H2,1-3H3,(H2,22,23,24). The molecule has 3 rings (SSSR count). The van der Waals surface area contributed by atoms with Crippen molar-refractivity contribution in [3.63, 3.8) is 0 Å². The van der Waals surface area contributed by atoms with E-state index >= 15 is 0 Å². The van der Waals surface area contributed by atoms with Crippen molar-refractivity contribution >= 4 is 17.0 Å². The Morgan fingerprint density at radius 1 is 1.19 bits per heavy atom. The molecule has 1 aliphatic heterocycles. The summed E-state index contributed by atoms with van der Waals surface area (Å²) in [5, 5.41) is 6.91. The molecule has 0 aliphatic carbocycles. The van der Waals surface area contributed by atoms with Crippen LogP contribution in [0, 0.1) is 12.8 Å². The Kier molecular flexibility index (Phi) is 7.10. The number of imidazole rings is 1. The number of aromatic nitrogens is 2. The van der Waals surface area contributed by atoms with Crippen LogP contribution in [0.2, 0.25) is 0 Å². The molecule has 0 bridgehead atoms. The number of aryl methyl sites for hydroxylation is 2. The van der Waals surface area contributed by atoms with E-state index in [1.54, 1.807) is 0 Å². The molecule has 1 aromatic carbocycles. The van der Waals surface area contributed by atoms with E-state index in [9.17, 15) is 0 Å². The molecular weight excluding hydrogens is 336 g/mol. The molecule has 0 unspecified atom stereocenters. The number of para-hydroxylation sites is 2. The fourth-order valence-corrected chi connectivity index (χ4v) is 3.89. The van der Waals surface area contributed by atoms with Gasteiger partial charge in [-0.2, -0.15) is 0 Å². The van der Waals surface area contributed by atoms with Crippen LogP contribution >= 0.6 is 0 Å². The lowest BCUT2D eigenvalue weighted by atomic mass is 9.94. The highest BCUT2D eigenvalue weighted by Crippen LogP contribution is 2.18. The largest absolute Gasteiger partial charge is 0.356 e. The number of hydrogen-bond acceptors (Lipinski definition) is 3. The molecule has 6 nitrogen and oxygen atoms in total. The third-order valence-corrected chi connectivity index (χ3v) is 5.60. The topological polar surface area (TPSA) is 57.5 Å². The van der Waals surface area contributed by atoms with Crippen LogP contribution in [0.4, 0.5) is 0 Å². The van der Waals surface area contributed by atoms with E-state index in [0.29, 0.717) is 0 Å². The van der Waals surface area contributed by atoms with E-state index < -0.39 is 0 Å². The van der Waals surface area contributed by atoms with Gasteiger partial charge < -0.3 is 20.1 Å². The monoisotopic (exact) mass is 370 g/mol. The lowest BCUT2D eigenvalue weighted by molar-refractivity contribution is 0.213. The number of nitrogens with one attached hydrogen (secondary N) is 2. The van der Waals surface area contributed by atoms with Crippen LogP contribution in [0.1, 0.15) is 31.5 Å². The molecule has 2 aromatic rings. The summed E-state index contributed by atoms with van der Waals surface area (Å²) < 4.78 is 2.30. The summed E-state index contributed by atoms with van der Waals surface area (Å²) in [7, 11) is 4.06. The summed E-state index contributed by atoms with van der Waals surface area (Å²) >= 11 is 0. The second-order valence-corrected chi connectivity index (χ2v) is 7.61. The van der Waals surface area contributed by atoms with Crippen molar-refractivity contribution in [3.8, 4) is 0 Å². The first-order chi connectivity index (χ1) is 13.2. The highest BCUT2D eigenvalue weighted by molar-refractivity contribution is 5.79. The van der Waals surface area contributed by atoms with E-state index in [-0.39, 0.29) is 0 Å². The molecule has 2 N–H and O–H groups in total. The molecule has 0 spiro atoms. The second kappa shape index (κ2) is 9.74. The van der Waals surface area contributed by atoms with Gasteiger partial charge in [-0.1, -0.05) is 12.1 Å². The molecule has 0 saturated carbocycles. The summed E-state index contributed by atoms with van der Waals surface area (Å²) in [5.74, 6) is 2.84. The van der Waals surface area contributed by atoms with Crippen LogP contribution in [-0.4, -0.2) is 60.7 Å². The smallest absolute Gasteiger partial charge is 0.190 e. The van der Waals surface area contributed by atoms with Crippen molar-refractivity contribution in [1.82, 2.24) is 25.1 Å². The Morgan fingerprint density at radius 3 is 2.70 bits per heavy atom. The average molecular weight is 371 g/mol. The molecule has 1 fully saturated rings. The molecule has 0 amide bonds. The highest BCUT2D eigenvalue weighted by atomic mass is 15.2. The molecule has 1 saturated heterocycles. The van der Waals surface area contributed by atoms with Crippen LogP contribution in [0.25, 0.3) is 11.0 Å². The summed E-state index contributed by atoms with van der Waals surface area (Å²) in [5.41, 5.74) is 2.30. The van der Waals surface area contributed by atoms with Crippen molar-refractivity contribution in [2.24, 2.45) is 10.9 Å². The van der Waals surface area contributed by atoms with Crippen LogP contribution in [-0.2, 0) is 6.54 Å². The lowest BCUT2D eigenvalue weighted by Crippen LogP contribution is -2.39. The number of rotatable bonds is 7. The fourth-order valence-electron chi connectivity index (χ4n) is 3.89. The van der Waals surface area contributed by atoms with Crippen molar-refractivity contribution in [3.05, 3.63) is 30.1 Å². The summed E-state index contributed by atoms with van der Waals surface area (Å²) in [6, 6.07) is 8.34. The SMILES string of the molecule is CN=C(NCCCn1c(C)nc2ccccc21)NCCC1CCN(C)CC1. The molecule has 2 heterocycles. The van der Waals surface area contributed by atoms with E-state index in [1.807, 2.05) is 13.1 Å². The fraction of sp³-hybridized carbons (Fsp3) is 0.619. The van der Waals surface area contributed by atoms with Crippen LogP contribution in [0.15, 0.2) is 29.3 Å². The van der Waals surface area contributed by atoms with Gasteiger partial charge in [-0.3, -0.25) is 4.99 Å². The number of hydrogen-bond donors (Lipinski definition) is 2. The van der Waals surface area contributed by atoms with E-state index in [4.69, 9.17) is 0 Å². The van der Waals surface area contributed by atoms with Gasteiger partial charge in [-0.05, 0) is 70.8 Å². The molecule has 1 aromatic heterocycles. The molecule has 27 heavy (non-hydrogen) atoms. The Balaban J connectivity index is 1.36. The van der Waals surface area contributed by atoms with E-state index in [0.717, 1.165) is 49.3 Å². The van der Waals surface area contributed by atoms with Crippen LogP contribution < -0.4 is 10.6 Å². The van der Waals surface area contributed by atoms with Gasteiger partial charge in [0.05, 0.1) is 11.0 Å². The maximum absolute atomic E-state index is 4.64. The normalized spacial score (nSPS) is 16.8. The predicted octanol–water partition coefficient (Wildman–Crippen LogP) is 2.63. The first kappa shape index (κ1) is 19.7. The Labute approximate surface area is 163 Å². The van der Waals surface area contributed by atoms with Crippen molar-refractivity contribution in [2.75, 3.05) is 40.3 Å². The van der Waals surface area contributed by atoms with Gasteiger partial charge >= 0.3 is 0 Å². The Bertz CT molecular complexity index is 742. The average Bonchev–Trinajstić information content (AvgIpc) is 3.00. The lowest BCUT2D eigenvalue weighted by Gasteiger charge is -2.29. The van der Waals surface area contributed by atoms with Gasteiger partial charge in [0.2, 0.25) is 0 Å². The zero-order valence-corrected chi connectivity index (χ0v) is 17.0. The number of likely N-dealkylation sites (tertiary alicyclic amines) is 1. The number of aliphatic imine (C=N–C) groups is 1. The van der Waals surface area contributed by atoms with E-state index in [2.05, 4.69) is 62.2 Å². The minimum Gasteiger partial charge on any atom is -0.356 e. The van der Waals surface area contributed by atoms with Gasteiger partial charge in [-0.15, -0.1) is 0 Å². The zero-order valence-electron chi connectivity index (χ0n) is 17.0. The number of guanidine groups is 1. The quantitative estimate of drug-likeness (QED) is 0.447. The summed E-state index contributed by atoms with van der Waals surface area (Å²) in [4.78, 5) is 11.4. The molecular formula is C21H34N6. The van der Waals surface area contributed by atoms with Crippen LogP contribution in [0.3, 0.4) is 0 Å². The maximum atomic E-state index is 4.64. The first-order valence-electron chi connectivity index (χ1n) is 10.2. The maximum Gasteiger partial charge on any atom is 0.190 e. The molecule has 0 radical (unpaired) electrons. The molecule has 6 heteroatoms. The summed E-state index contributed by atoms with van der Waals surface area (Å²) in [6.07, 6.45) is 4.91. The van der Waals surface area contributed by atoms with Gasteiger partial charge in [-0.25, -0.2) is 4.98 Å². The van der Waals surface area contributed by atoms with Crippen molar-refractivity contribution in [1.29, 1.82) is 0 Å². The first-order valence-corrected chi connectivity index (χ1v) is 10.2. The van der Waals surface area contributed by atoms with Gasteiger partial charge in [0, 0.05) is 26.7 Å². The number of piperidine rings is 1. The molecule has 0 atom stereocenters. The highest BCUT2D eigenvalue weighted by Gasteiger charge is 2.16. The predicted molar refractivity (Wildman–Crippen MR) is 113 cm³/mol. The van der Waals surface area contributed by atoms with Crippen molar-refractivity contribution in [2.45, 2.75) is 39.2 Å². The molecule has 1 aliphatic rings. The van der Waals surface area contributed by atoms with Gasteiger partial charge in [0.15, 0.2) is 5.96 Å². The minimum absolute atomic E-state index is 0.851. The zero-order chi connectivity index (χ0) is 19.1. The third-order valence-electron chi connectivity index (χ3n) is 5.60. The second-order valence-electron chi connectivity index (χ2n) is 7.61. The number of fused-ring (bicyclic) bond motifs is 1. The Hall–Kier alpha value is -2.08. The third kappa shape index (κ3) is 5.45. The number of benzene rings is 1. The van der Waals surface area contributed by atoms with Gasteiger partial charge in [0.25, 0.3) is 0 Å². The van der Waals surface area contributed by atoms with E-state index in [1.165, 1.54) is 37.9 Å². The summed E-state index contributed by atoms with van der Waals surface area (Å²) in [6.45, 7) is 7.42.